The van der Waals surface area contributed by atoms with Gasteiger partial charge in [-0.15, -0.1) is 10.2 Å². The molecule has 1 aromatic carbocycles. The molecule has 2 N–H and O–H groups in total. The summed E-state index contributed by atoms with van der Waals surface area (Å²) in [4.78, 5) is 2.38. The number of piperazine rings is 1. The maximum absolute atomic E-state index is 10.8. The van der Waals surface area contributed by atoms with E-state index in [-0.39, 0.29) is 5.88 Å². The van der Waals surface area contributed by atoms with Crippen molar-refractivity contribution in [2.45, 2.75) is 6.54 Å². The molecule has 1 saturated heterocycles. The zero-order chi connectivity index (χ0) is 18.5. The minimum absolute atomic E-state index is 0.107. The second kappa shape index (κ2) is 8.81. The lowest BCUT2D eigenvalue weighted by molar-refractivity contribution is 0.230. The Bertz CT molecular complexity index is 815. The van der Waals surface area contributed by atoms with Crippen LogP contribution in [0.1, 0.15) is 0 Å². The van der Waals surface area contributed by atoms with E-state index in [9.17, 15) is 5.11 Å². The van der Waals surface area contributed by atoms with Gasteiger partial charge in [-0.2, -0.15) is 0 Å². The molecular weight excluding hydrogens is 370 g/mol. The van der Waals surface area contributed by atoms with Crippen LogP contribution in [-0.2, 0) is 6.54 Å². The molecule has 0 bridgehead atoms. The van der Waals surface area contributed by atoms with Crippen molar-refractivity contribution in [3.63, 3.8) is 0 Å². The molecule has 1 aromatic heterocycles. The number of benzene rings is 1. The first kappa shape index (κ1) is 19.1. The summed E-state index contributed by atoms with van der Waals surface area (Å²) in [6.07, 6.45) is 1.85. The summed E-state index contributed by atoms with van der Waals surface area (Å²) in [6, 6.07) is 5.70. The number of ether oxygens (including phenoxy) is 1. The third-order valence-corrected chi connectivity index (χ3v) is 5.49. The standard InChI is InChI=1S/C17H23N5O2S2/c1-24-12-3-4-14-13(11-12)15(19-20-17(25)26-2)16(23)22(14)10-9-21-7-5-18-6-8-21/h3-4,11,18,23H,5-10H2,1-2H3. The predicted octanol–water partition coefficient (Wildman–Crippen LogP) is 2.99. The lowest BCUT2D eigenvalue weighted by Gasteiger charge is -2.27. The molecule has 3 rings (SSSR count). The predicted molar refractivity (Wildman–Crippen MR) is 110 cm³/mol. The van der Waals surface area contributed by atoms with Gasteiger partial charge in [-0.3, -0.25) is 4.90 Å². The number of azo groups is 1. The number of nitrogens with one attached hydrogen (secondary N) is 1. The van der Waals surface area contributed by atoms with E-state index in [1.807, 2.05) is 29.0 Å². The number of hydrogen-bond donors (Lipinski definition) is 2. The van der Waals surface area contributed by atoms with Gasteiger partial charge in [-0.05, 0) is 36.7 Å². The van der Waals surface area contributed by atoms with Crippen LogP contribution in [-0.4, -0.2) is 65.0 Å². The Morgan fingerprint density at radius 3 is 2.81 bits per heavy atom. The maximum atomic E-state index is 10.8. The number of fused-ring (bicyclic) bond motifs is 1. The first-order chi connectivity index (χ1) is 12.6. The number of aromatic hydroxyl groups is 1. The first-order valence-electron chi connectivity index (χ1n) is 8.46. The van der Waals surface area contributed by atoms with Crippen LogP contribution < -0.4 is 10.1 Å². The second-order valence-corrected chi connectivity index (χ2v) is 7.41. The molecule has 1 aliphatic heterocycles. The second-order valence-electron chi connectivity index (χ2n) is 5.97. The van der Waals surface area contributed by atoms with Crippen LogP contribution in [0, 0.1) is 0 Å². The van der Waals surface area contributed by atoms with Gasteiger partial charge >= 0.3 is 0 Å². The van der Waals surface area contributed by atoms with E-state index < -0.39 is 0 Å². The summed E-state index contributed by atoms with van der Waals surface area (Å²) in [6.45, 7) is 5.58. The van der Waals surface area contributed by atoms with Crippen molar-refractivity contribution in [1.82, 2.24) is 14.8 Å². The van der Waals surface area contributed by atoms with E-state index in [0.717, 1.165) is 43.6 Å². The summed E-state index contributed by atoms with van der Waals surface area (Å²) in [7, 11) is 1.62. The Morgan fingerprint density at radius 1 is 1.35 bits per heavy atom. The van der Waals surface area contributed by atoms with Gasteiger partial charge < -0.3 is 19.7 Å². The van der Waals surface area contributed by atoms with Crippen molar-refractivity contribution < 1.29 is 9.84 Å². The summed E-state index contributed by atoms with van der Waals surface area (Å²) in [5.41, 5.74) is 1.33. The fourth-order valence-corrected chi connectivity index (χ4v) is 3.23. The van der Waals surface area contributed by atoms with Crippen LogP contribution in [0.4, 0.5) is 5.69 Å². The molecule has 140 valence electrons. The molecule has 0 unspecified atom stereocenters. The van der Waals surface area contributed by atoms with Gasteiger partial charge in [0.2, 0.25) is 5.88 Å². The van der Waals surface area contributed by atoms with E-state index in [1.54, 1.807) is 7.11 Å². The molecule has 1 aliphatic rings. The van der Waals surface area contributed by atoms with Crippen molar-refractivity contribution >= 4 is 44.9 Å². The van der Waals surface area contributed by atoms with Crippen molar-refractivity contribution in [2.75, 3.05) is 46.1 Å². The highest BCUT2D eigenvalue weighted by Crippen LogP contribution is 2.40. The monoisotopic (exact) mass is 393 g/mol. The van der Waals surface area contributed by atoms with Crippen LogP contribution in [0.25, 0.3) is 10.9 Å². The molecule has 0 spiro atoms. The van der Waals surface area contributed by atoms with Crippen LogP contribution in [0.5, 0.6) is 11.6 Å². The van der Waals surface area contributed by atoms with Gasteiger partial charge in [0.25, 0.3) is 0 Å². The average Bonchev–Trinajstić information content (AvgIpc) is 2.95. The van der Waals surface area contributed by atoms with Gasteiger partial charge in [-0.25, -0.2) is 0 Å². The quantitative estimate of drug-likeness (QED) is 0.601. The fourth-order valence-electron chi connectivity index (χ4n) is 3.06. The topological polar surface area (TPSA) is 74.4 Å². The molecule has 0 amide bonds. The number of hydrogen-bond acceptors (Lipinski definition) is 7. The minimum atomic E-state index is 0.107. The Balaban J connectivity index is 1.94. The lowest BCUT2D eigenvalue weighted by atomic mass is 10.2. The molecule has 2 aromatic rings. The normalized spacial score (nSPS) is 15.8. The Labute approximate surface area is 162 Å². The van der Waals surface area contributed by atoms with Gasteiger partial charge in [0.05, 0.1) is 12.6 Å². The van der Waals surface area contributed by atoms with E-state index in [4.69, 9.17) is 17.0 Å². The van der Waals surface area contributed by atoms with E-state index in [2.05, 4.69) is 20.4 Å². The number of nitrogens with zero attached hydrogens (tertiary/aromatic N) is 4. The zero-order valence-electron chi connectivity index (χ0n) is 14.9. The number of methoxy groups -OCH3 is 1. The molecule has 0 radical (unpaired) electrons. The number of rotatable bonds is 5. The largest absolute Gasteiger partial charge is 0.497 e. The van der Waals surface area contributed by atoms with E-state index in [0.29, 0.717) is 22.3 Å². The zero-order valence-corrected chi connectivity index (χ0v) is 16.6. The SMILES string of the molecule is COc1ccc2c(c1)c(N=NC(=S)SC)c(O)n2CCN1CCNCC1. The van der Waals surface area contributed by atoms with Crippen molar-refractivity contribution in [2.24, 2.45) is 10.2 Å². The summed E-state index contributed by atoms with van der Waals surface area (Å²) in [5, 5.41) is 23.2. The highest BCUT2D eigenvalue weighted by atomic mass is 32.2. The molecule has 26 heavy (non-hydrogen) atoms. The van der Waals surface area contributed by atoms with Crippen molar-refractivity contribution in [3.05, 3.63) is 18.2 Å². The third-order valence-electron chi connectivity index (χ3n) is 4.47. The van der Waals surface area contributed by atoms with Crippen LogP contribution in [0.15, 0.2) is 28.4 Å². The van der Waals surface area contributed by atoms with Gasteiger partial charge in [0.15, 0.2) is 10.0 Å². The molecule has 0 atom stereocenters. The van der Waals surface area contributed by atoms with E-state index >= 15 is 0 Å². The molecule has 0 saturated carbocycles. The Hall–Kier alpha value is -1.68. The first-order valence-corrected chi connectivity index (χ1v) is 10.1. The molecule has 1 fully saturated rings. The van der Waals surface area contributed by atoms with Crippen LogP contribution in [0.3, 0.4) is 0 Å². The highest BCUT2D eigenvalue weighted by molar-refractivity contribution is 8.22. The Kier molecular flexibility index (Phi) is 6.47. The summed E-state index contributed by atoms with van der Waals surface area (Å²) < 4.78 is 7.63. The van der Waals surface area contributed by atoms with Gasteiger partial charge in [0.1, 0.15) is 5.75 Å². The van der Waals surface area contributed by atoms with E-state index in [1.165, 1.54) is 11.8 Å². The third kappa shape index (κ3) is 4.17. The van der Waals surface area contributed by atoms with Crippen LogP contribution in [0.2, 0.25) is 0 Å². The molecule has 9 heteroatoms. The Morgan fingerprint density at radius 2 is 2.12 bits per heavy atom. The highest BCUT2D eigenvalue weighted by Gasteiger charge is 2.19. The smallest absolute Gasteiger partial charge is 0.220 e. The van der Waals surface area contributed by atoms with Gasteiger partial charge in [0, 0.05) is 44.7 Å². The minimum Gasteiger partial charge on any atom is -0.497 e. The molecule has 0 aliphatic carbocycles. The number of thioether (sulfide) groups is 1. The molecule has 2 heterocycles. The maximum Gasteiger partial charge on any atom is 0.220 e. The van der Waals surface area contributed by atoms with Crippen molar-refractivity contribution in [1.29, 1.82) is 0 Å². The number of thiocarbonyl (C=S) groups is 1. The van der Waals surface area contributed by atoms with Crippen molar-refractivity contribution in [3.8, 4) is 11.6 Å². The van der Waals surface area contributed by atoms with Gasteiger partial charge in [-0.1, -0.05) is 11.8 Å². The number of aromatic nitrogens is 1. The summed E-state index contributed by atoms with van der Waals surface area (Å²) in [5.74, 6) is 0.816. The molecule has 7 nitrogen and oxygen atoms in total. The molecular formula is C17H23N5O2S2. The lowest BCUT2D eigenvalue weighted by Crippen LogP contribution is -2.44. The average molecular weight is 394 g/mol. The van der Waals surface area contributed by atoms with Crippen LogP contribution >= 0.6 is 24.0 Å². The fraction of sp³-hybridized carbons (Fsp3) is 0.471. The summed E-state index contributed by atoms with van der Waals surface area (Å²) >= 11 is 6.43.